The van der Waals surface area contributed by atoms with Crippen LogP contribution in [0.5, 0.6) is 5.75 Å². The summed E-state index contributed by atoms with van der Waals surface area (Å²) in [5.41, 5.74) is 3.40. The van der Waals surface area contributed by atoms with Gasteiger partial charge in [-0.15, -0.1) is 0 Å². The molecular weight excluding hydrogens is 528 g/mol. The molecule has 0 radical (unpaired) electrons. The van der Waals surface area contributed by atoms with Gasteiger partial charge >= 0.3 is 11.9 Å². The lowest BCUT2D eigenvalue weighted by atomic mass is 9.93. The molecule has 1 aliphatic heterocycles. The van der Waals surface area contributed by atoms with E-state index in [4.69, 9.17) is 14.2 Å². The van der Waals surface area contributed by atoms with Crippen molar-refractivity contribution in [2.24, 2.45) is 4.99 Å². The Balaban J connectivity index is 1.74. The monoisotopic (exact) mass is 562 g/mol. The van der Waals surface area contributed by atoms with Gasteiger partial charge in [0.1, 0.15) is 5.75 Å². The minimum absolute atomic E-state index is 0.220. The summed E-state index contributed by atoms with van der Waals surface area (Å²) in [6.45, 7) is 11.6. The van der Waals surface area contributed by atoms with Crippen LogP contribution in [0.2, 0.25) is 0 Å². The first-order valence-electron chi connectivity index (χ1n) is 13.4. The number of hydrogen-bond acceptors (Lipinski definition) is 8. The van der Waals surface area contributed by atoms with Crippen molar-refractivity contribution < 1.29 is 23.8 Å². The molecule has 2 unspecified atom stereocenters. The number of aromatic nitrogens is 1. The van der Waals surface area contributed by atoms with Gasteiger partial charge in [-0.3, -0.25) is 9.36 Å². The van der Waals surface area contributed by atoms with Crippen molar-refractivity contribution in [1.82, 2.24) is 4.57 Å². The summed E-state index contributed by atoms with van der Waals surface area (Å²) in [4.78, 5) is 43.9. The van der Waals surface area contributed by atoms with Crippen LogP contribution in [0.3, 0.4) is 0 Å². The van der Waals surface area contributed by atoms with Crippen LogP contribution in [0.25, 0.3) is 6.08 Å². The van der Waals surface area contributed by atoms with Gasteiger partial charge in [-0.05, 0) is 68.5 Å². The number of fused-ring (bicyclic) bond motifs is 1. The van der Waals surface area contributed by atoms with Gasteiger partial charge in [0.2, 0.25) is 0 Å². The first-order chi connectivity index (χ1) is 19.1. The van der Waals surface area contributed by atoms with Gasteiger partial charge in [-0.1, -0.05) is 61.6 Å². The SMILES string of the molecule is CCOC(=O)C1=C(C)N=c2sc(=Cc3ccc(OC(C)C(=O)OCC)cc3)c(=O)n2C1c1ccc(C(C)C)cc1. The predicted octanol–water partition coefficient (Wildman–Crippen LogP) is 4.25. The molecule has 9 heteroatoms. The van der Waals surface area contributed by atoms with E-state index in [-0.39, 0.29) is 18.8 Å². The summed E-state index contributed by atoms with van der Waals surface area (Å²) in [6, 6.07) is 14.4. The zero-order chi connectivity index (χ0) is 29.0. The van der Waals surface area contributed by atoms with E-state index in [0.717, 1.165) is 11.1 Å². The molecule has 0 aliphatic carbocycles. The van der Waals surface area contributed by atoms with Gasteiger partial charge in [0.25, 0.3) is 5.56 Å². The van der Waals surface area contributed by atoms with E-state index >= 15 is 0 Å². The third kappa shape index (κ3) is 6.09. The summed E-state index contributed by atoms with van der Waals surface area (Å²) in [7, 11) is 0. The normalized spacial score (nSPS) is 15.9. The van der Waals surface area contributed by atoms with Gasteiger partial charge in [-0.25, -0.2) is 14.6 Å². The van der Waals surface area contributed by atoms with Crippen molar-refractivity contribution >= 4 is 29.4 Å². The molecule has 0 saturated heterocycles. The minimum atomic E-state index is -0.735. The zero-order valence-corrected chi connectivity index (χ0v) is 24.4. The Morgan fingerprint density at radius 3 is 2.25 bits per heavy atom. The van der Waals surface area contributed by atoms with Crippen LogP contribution >= 0.6 is 11.3 Å². The minimum Gasteiger partial charge on any atom is -0.479 e. The van der Waals surface area contributed by atoms with Crippen molar-refractivity contribution in [3.05, 3.63) is 96.2 Å². The van der Waals surface area contributed by atoms with Crippen LogP contribution < -0.4 is 19.6 Å². The standard InChI is InChI=1S/C31H34N2O6S/c1-7-37-29(35)20(6)39-24-15-9-21(10-16-24)17-25-28(34)33-27(23-13-11-22(12-14-23)18(3)4)26(30(36)38-8-2)19(5)32-31(33)40-25/h9-18,20,27H,7-8H2,1-6H3. The van der Waals surface area contributed by atoms with Crippen molar-refractivity contribution in [3.63, 3.8) is 0 Å². The number of rotatable bonds is 9. The molecule has 1 aromatic heterocycles. The number of allylic oxidation sites excluding steroid dienone is 1. The first kappa shape index (κ1) is 29.0. The van der Waals surface area contributed by atoms with Gasteiger partial charge in [-0.2, -0.15) is 0 Å². The molecule has 2 aromatic carbocycles. The molecule has 0 amide bonds. The second-order valence-electron chi connectivity index (χ2n) is 9.70. The number of nitrogens with zero attached hydrogens (tertiary/aromatic N) is 2. The highest BCUT2D eigenvalue weighted by molar-refractivity contribution is 7.07. The fraction of sp³-hybridized carbons (Fsp3) is 0.355. The van der Waals surface area contributed by atoms with E-state index in [1.165, 1.54) is 16.9 Å². The van der Waals surface area contributed by atoms with Crippen molar-refractivity contribution in [2.45, 2.75) is 59.6 Å². The van der Waals surface area contributed by atoms with Crippen LogP contribution in [-0.4, -0.2) is 35.8 Å². The Bertz CT molecular complexity index is 1600. The summed E-state index contributed by atoms with van der Waals surface area (Å²) in [6.07, 6.45) is 1.05. The van der Waals surface area contributed by atoms with Gasteiger partial charge in [0.15, 0.2) is 10.9 Å². The third-order valence-corrected chi connectivity index (χ3v) is 7.53. The molecule has 2 atom stereocenters. The van der Waals surface area contributed by atoms with E-state index in [1.54, 1.807) is 50.5 Å². The Labute approximate surface area is 237 Å². The Morgan fingerprint density at radius 1 is 1.00 bits per heavy atom. The Hall–Kier alpha value is -3.98. The smallest absolute Gasteiger partial charge is 0.347 e. The van der Waals surface area contributed by atoms with E-state index < -0.39 is 24.1 Å². The van der Waals surface area contributed by atoms with Crippen LogP contribution in [-0.2, 0) is 19.1 Å². The number of carbonyl (C=O) groups is 2. The van der Waals surface area contributed by atoms with Gasteiger partial charge in [0.05, 0.1) is 35.1 Å². The topological polar surface area (TPSA) is 96.2 Å². The third-order valence-electron chi connectivity index (χ3n) is 6.55. The highest BCUT2D eigenvalue weighted by Gasteiger charge is 2.33. The molecule has 1 aliphatic rings. The second kappa shape index (κ2) is 12.5. The van der Waals surface area contributed by atoms with Crippen LogP contribution in [0, 0.1) is 0 Å². The summed E-state index contributed by atoms with van der Waals surface area (Å²) in [5.74, 6) is -0.0520. The van der Waals surface area contributed by atoms with E-state index in [9.17, 15) is 14.4 Å². The number of benzene rings is 2. The van der Waals surface area contributed by atoms with E-state index in [0.29, 0.717) is 32.3 Å². The van der Waals surface area contributed by atoms with Crippen molar-refractivity contribution in [1.29, 1.82) is 0 Å². The number of hydrogen-bond donors (Lipinski definition) is 0. The molecule has 0 fully saturated rings. The summed E-state index contributed by atoms with van der Waals surface area (Å²) < 4.78 is 18.1. The molecule has 0 bridgehead atoms. The molecular formula is C31H34N2O6S. The maximum Gasteiger partial charge on any atom is 0.347 e. The van der Waals surface area contributed by atoms with Crippen molar-refractivity contribution in [3.8, 4) is 5.75 Å². The van der Waals surface area contributed by atoms with Crippen LogP contribution in [0.1, 0.15) is 70.2 Å². The maximum atomic E-state index is 13.8. The fourth-order valence-electron chi connectivity index (χ4n) is 4.48. The fourth-order valence-corrected chi connectivity index (χ4v) is 5.52. The van der Waals surface area contributed by atoms with Gasteiger partial charge in [0, 0.05) is 0 Å². The largest absolute Gasteiger partial charge is 0.479 e. The number of esters is 2. The first-order valence-corrected chi connectivity index (χ1v) is 14.2. The van der Waals surface area contributed by atoms with Gasteiger partial charge < -0.3 is 14.2 Å². The lowest BCUT2D eigenvalue weighted by Gasteiger charge is -2.25. The lowest BCUT2D eigenvalue weighted by Crippen LogP contribution is -2.39. The molecule has 3 aromatic rings. The zero-order valence-electron chi connectivity index (χ0n) is 23.6. The highest BCUT2D eigenvalue weighted by Crippen LogP contribution is 2.31. The average molecular weight is 563 g/mol. The molecule has 0 N–H and O–H groups in total. The van der Waals surface area contributed by atoms with E-state index in [1.807, 2.05) is 36.4 Å². The Morgan fingerprint density at radius 2 is 1.65 bits per heavy atom. The van der Waals surface area contributed by atoms with Crippen molar-refractivity contribution in [2.75, 3.05) is 13.2 Å². The summed E-state index contributed by atoms with van der Waals surface area (Å²) in [5, 5.41) is 0. The predicted molar refractivity (Wildman–Crippen MR) is 154 cm³/mol. The molecule has 0 spiro atoms. The molecule has 4 rings (SSSR count). The van der Waals surface area contributed by atoms with Crippen LogP contribution in [0.4, 0.5) is 0 Å². The van der Waals surface area contributed by atoms with E-state index in [2.05, 4.69) is 18.8 Å². The van der Waals surface area contributed by atoms with Crippen LogP contribution in [0.15, 0.2) is 69.6 Å². The number of thiazole rings is 1. The average Bonchev–Trinajstić information content (AvgIpc) is 3.23. The molecule has 0 saturated carbocycles. The number of carbonyl (C=O) groups excluding carboxylic acids is 2. The highest BCUT2D eigenvalue weighted by atomic mass is 32.1. The summed E-state index contributed by atoms with van der Waals surface area (Å²) >= 11 is 1.27. The maximum absolute atomic E-state index is 13.8. The quantitative estimate of drug-likeness (QED) is 0.362. The molecule has 210 valence electrons. The number of ether oxygens (including phenoxy) is 3. The second-order valence-corrected chi connectivity index (χ2v) is 10.7. The lowest BCUT2D eigenvalue weighted by molar-refractivity contribution is -0.150. The molecule has 8 nitrogen and oxygen atoms in total. The Kier molecular flexibility index (Phi) is 9.04. The molecule has 2 heterocycles. The molecule has 40 heavy (non-hydrogen) atoms.